The van der Waals surface area contributed by atoms with Crippen LogP contribution in [0.15, 0.2) is 16.8 Å². The fourth-order valence-corrected chi connectivity index (χ4v) is 5.03. The van der Waals surface area contributed by atoms with Gasteiger partial charge in [0, 0.05) is 28.3 Å². The van der Waals surface area contributed by atoms with Crippen LogP contribution < -0.4 is 5.32 Å². The molecule has 2 unspecified atom stereocenters. The summed E-state index contributed by atoms with van der Waals surface area (Å²) in [4.78, 5) is 14.6. The average molecular weight is 312 g/mol. The van der Waals surface area contributed by atoms with Crippen molar-refractivity contribution in [3.05, 3.63) is 22.4 Å². The van der Waals surface area contributed by atoms with Gasteiger partial charge in [0.25, 0.3) is 0 Å². The molecule has 1 N–H and O–H groups in total. The van der Waals surface area contributed by atoms with E-state index in [1.165, 1.54) is 5.56 Å². The number of hydrogen-bond acceptors (Lipinski definition) is 4. The van der Waals surface area contributed by atoms with Crippen LogP contribution in [0.2, 0.25) is 0 Å². The first-order valence-electron chi connectivity index (χ1n) is 7.16. The molecule has 3 heterocycles. The van der Waals surface area contributed by atoms with Crippen molar-refractivity contribution in [2.75, 3.05) is 11.5 Å². The lowest BCUT2D eigenvalue weighted by molar-refractivity contribution is -0.132. The van der Waals surface area contributed by atoms with Gasteiger partial charge in [0.15, 0.2) is 0 Å². The lowest BCUT2D eigenvalue weighted by atomic mass is 10.1. The van der Waals surface area contributed by atoms with Crippen molar-refractivity contribution in [2.45, 2.75) is 44.4 Å². The third-order valence-electron chi connectivity index (χ3n) is 4.21. The maximum Gasteiger partial charge on any atom is 0.241 e. The van der Waals surface area contributed by atoms with Crippen LogP contribution in [0.4, 0.5) is 0 Å². The van der Waals surface area contributed by atoms with E-state index in [0.717, 1.165) is 30.8 Å². The van der Waals surface area contributed by atoms with E-state index in [0.29, 0.717) is 0 Å². The highest BCUT2D eigenvalue weighted by atomic mass is 32.2. The Hall–Kier alpha value is -0.720. The van der Waals surface area contributed by atoms with Gasteiger partial charge < -0.3 is 4.90 Å². The smallest absolute Gasteiger partial charge is 0.241 e. The molecule has 110 valence electrons. The molecule has 0 spiro atoms. The van der Waals surface area contributed by atoms with Gasteiger partial charge >= 0.3 is 0 Å². The van der Waals surface area contributed by atoms with E-state index in [2.05, 4.69) is 22.1 Å². The van der Waals surface area contributed by atoms with E-state index in [9.17, 15) is 9.00 Å². The number of carbonyl (C=O) groups excluding carboxylic acids is 1. The van der Waals surface area contributed by atoms with Crippen molar-refractivity contribution in [3.8, 4) is 0 Å². The summed E-state index contributed by atoms with van der Waals surface area (Å²) in [6.07, 6.45) is 2.53. The number of thiophene rings is 1. The Morgan fingerprint density at radius 1 is 1.45 bits per heavy atom. The van der Waals surface area contributed by atoms with Gasteiger partial charge in [-0.15, -0.1) is 0 Å². The molecule has 4 nitrogen and oxygen atoms in total. The van der Waals surface area contributed by atoms with Crippen LogP contribution in [0, 0.1) is 0 Å². The molecule has 6 heteroatoms. The number of hydrogen-bond donors (Lipinski definition) is 1. The third kappa shape index (κ3) is 2.56. The summed E-state index contributed by atoms with van der Waals surface area (Å²) in [5.74, 6) is 1.66. The number of nitrogens with one attached hydrogen (secondary N) is 1. The van der Waals surface area contributed by atoms with Gasteiger partial charge in [-0.2, -0.15) is 11.3 Å². The molecule has 1 aromatic rings. The zero-order valence-electron chi connectivity index (χ0n) is 11.6. The summed E-state index contributed by atoms with van der Waals surface area (Å²) in [5.41, 5.74) is 1.17. The molecule has 1 amide bonds. The van der Waals surface area contributed by atoms with E-state index in [1.807, 2.05) is 11.8 Å². The number of carbonyl (C=O) groups is 1. The van der Waals surface area contributed by atoms with Crippen LogP contribution in [0.3, 0.4) is 0 Å². The second kappa shape index (κ2) is 5.95. The van der Waals surface area contributed by atoms with Crippen molar-refractivity contribution in [2.24, 2.45) is 0 Å². The lowest BCUT2D eigenvalue weighted by Gasteiger charge is -2.34. The predicted octanol–water partition coefficient (Wildman–Crippen LogP) is 1.87. The zero-order valence-corrected chi connectivity index (χ0v) is 13.2. The van der Waals surface area contributed by atoms with E-state index in [1.54, 1.807) is 11.3 Å². The first-order valence-corrected chi connectivity index (χ1v) is 9.59. The van der Waals surface area contributed by atoms with Crippen LogP contribution in [-0.4, -0.2) is 38.6 Å². The molecule has 2 saturated heterocycles. The summed E-state index contributed by atoms with van der Waals surface area (Å²) >= 11 is 1.66. The van der Waals surface area contributed by atoms with E-state index in [4.69, 9.17) is 0 Å². The molecular weight excluding hydrogens is 292 g/mol. The van der Waals surface area contributed by atoms with Crippen molar-refractivity contribution in [3.63, 3.8) is 0 Å². The van der Waals surface area contributed by atoms with Gasteiger partial charge in [0.05, 0.1) is 6.04 Å². The van der Waals surface area contributed by atoms with Crippen molar-refractivity contribution >= 4 is 28.0 Å². The highest BCUT2D eigenvalue weighted by Gasteiger charge is 2.43. The van der Waals surface area contributed by atoms with E-state index >= 15 is 0 Å². The molecule has 0 saturated carbocycles. The SMILES string of the molecule is CCC1NC(c2ccsc2)N(C2CCS(=O)CC2)C1=O. The Bertz CT molecular complexity index is 493. The van der Waals surface area contributed by atoms with Crippen molar-refractivity contribution in [1.29, 1.82) is 0 Å². The normalized spacial score (nSPS) is 34.6. The van der Waals surface area contributed by atoms with Gasteiger partial charge in [-0.05, 0) is 41.7 Å². The van der Waals surface area contributed by atoms with Gasteiger partial charge in [-0.1, -0.05) is 6.92 Å². The van der Waals surface area contributed by atoms with Crippen LogP contribution >= 0.6 is 11.3 Å². The topological polar surface area (TPSA) is 49.4 Å². The maximum atomic E-state index is 12.6. The lowest BCUT2D eigenvalue weighted by Crippen LogP contribution is -2.43. The number of amides is 1. The van der Waals surface area contributed by atoms with Crippen LogP contribution in [0.1, 0.15) is 37.9 Å². The minimum atomic E-state index is -0.687. The first kappa shape index (κ1) is 14.2. The average Bonchev–Trinajstić information content (AvgIpc) is 3.07. The standard InChI is InChI=1S/C14H20N2O2S2/c1-2-12-14(17)16(11-4-7-20(18)8-5-11)13(15-12)10-3-6-19-9-10/h3,6,9,11-13,15H,2,4-5,7-8H2,1H3. The van der Waals surface area contributed by atoms with Gasteiger partial charge in [-0.25, -0.2) is 0 Å². The minimum Gasteiger partial charge on any atom is -0.318 e. The summed E-state index contributed by atoms with van der Waals surface area (Å²) in [5, 5.41) is 7.62. The molecule has 2 atom stereocenters. The molecule has 1 aromatic heterocycles. The molecule has 2 aliphatic rings. The second-order valence-corrected chi connectivity index (χ2v) is 7.89. The fraction of sp³-hybridized carbons (Fsp3) is 0.643. The molecule has 2 aliphatic heterocycles. The van der Waals surface area contributed by atoms with Gasteiger partial charge in [-0.3, -0.25) is 14.3 Å². The summed E-state index contributed by atoms with van der Waals surface area (Å²) in [6, 6.07) is 2.24. The first-order chi connectivity index (χ1) is 9.70. The predicted molar refractivity (Wildman–Crippen MR) is 82.0 cm³/mol. The van der Waals surface area contributed by atoms with Crippen LogP contribution in [-0.2, 0) is 15.6 Å². The minimum absolute atomic E-state index is 0.00441. The highest BCUT2D eigenvalue weighted by molar-refractivity contribution is 7.85. The van der Waals surface area contributed by atoms with Crippen molar-refractivity contribution in [1.82, 2.24) is 10.2 Å². The van der Waals surface area contributed by atoms with Gasteiger partial charge in [0.2, 0.25) is 5.91 Å². The Morgan fingerprint density at radius 3 is 2.80 bits per heavy atom. The number of nitrogens with zero attached hydrogens (tertiary/aromatic N) is 1. The monoisotopic (exact) mass is 312 g/mol. The molecule has 0 aromatic carbocycles. The molecule has 0 radical (unpaired) electrons. The Balaban J connectivity index is 1.84. The molecule has 2 fully saturated rings. The molecule has 3 rings (SSSR count). The Labute approximate surface area is 126 Å². The van der Waals surface area contributed by atoms with E-state index in [-0.39, 0.29) is 24.2 Å². The maximum absolute atomic E-state index is 12.6. The summed E-state index contributed by atoms with van der Waals surface area (Å²) < 4.78 is 11.5. The molecular formula is C14H20N2O2S2. The Kier molecular flexibility index (Phi) is 4.23. The summed E-state index contributed by atoms with van der Waals surface area (Å²) in [7, 11) is -0.687. The largest absolute Gasteiger partial charge is 0.318 e. The highest BCUT2D eigenvalue weighted by Crippen LogP contribution is 2.32. The quantitative estimate of drug-likeness (QED) is 0.927. The Morgan fingerprint density at radius 2 is 2.20 bits per heavy atom. The molecule has 0 aliphatic carbocycles. The third-order valence-corrected chi connectivity index (χ3v) is 6.29. The molecule has 0 bridgehead atoms. The second-order valence-electron chi connectivity index (χ2n) is 5.41. The zero-order chi connectivity index (χ0) is 14.1. The van der Waals surface area contributed by atoms with E-state index < -0.39 is 10.8 Å². The number of rotatable bonds is 3. The molecule has 20 heavy (non-hydrogen) atoms. The van der Waals surface area contributed by atoms with Crippen molar-refractivity contribution < 1.29 is 9.00 Å². The van der Waals surface area contributed by atoms with Crippen LogP contribution in [0.5, 0.6) is 0 Å². The van der Waals surface area contributed by atoms with Gasteiger partial charge in [0.1, 0.15) is 6.17 Å². The fourth-order valence-electron chi connectivity index (χ4n) is 3.08. The summed E-state index contributed by atoms with van der Waals surface area (Å²) in [6.45, 7) is 2.04. The van der Waals surface area contributed by atoms with Crippen LogP contribution in [0.25, 0.3) is 0 Å².